The normalized spacial score (nSPS) is 12.3. The number of aliphatic carboxylic acids is 1. The largest absolute Gasteiger partial charge is 0.508 e. The molecule has 2 atom stereocenters. The summed E-state index contributed by atoms with van der Waals surface area (Å²) in [5, 5.41) is 35.6. The number of phenols is 2. The third-order valence-electron chi connectivity index (χ3n) is 4.65. The fourth-order valence-corrected chi connectivity index (χ4v) is 2.91. The summed E-state index contributed by atoms with van der Waals surface area (Å²) in [6.07, 6.45) is -0.0397. The van der Waals surface area contributed by atoms with Crippen molar-refractivity contribution in [1.82, 2.24) is 16.0 Å². The van der Waals surface area contributed by atoms with Gasteiger partial charge in [0.15, 0.2) is 0 Å². The average Bonchev–Trinajstić information content (AvgIpc) is 2.79. The molecule has 0 saturated heterocycles. The minimum atomic E-state index is -1.29. The van der Waals surface area contributed by atoms with Crippen molar-refractivity contribution in [1.29, 1.82) is 0 Å². The Labute approximate surface area is 189 Å². The van der Waals surface area contributed by atoms with Gasteiger partial charge in [0.1, 0.15) is 23.6 Å². The van der Waals surface area contributed by atoms with Gasteiger partial charge in [0.2, 0.25) is 17.7 Å². The van der Waals surface area contributed by atoms with Crippen molar-refractivity contribution < 1.29 is 34.5 Å². The molecular formula is C22H26N4O7. The van der Waals surface area contributed by atoms with Crippen molar-refractivity contribution in [2.45, 2.75) is 24.9 Å². The van der Waals surface area contributed by atoms with E-state index in [9.17, 15) is 34.5 Å². The number of carbonyl (C=O) groups is 4. The van der Waals surface area contributed by atoms with Gasteiger partial charge in [-0.2, -0.15) is 0 Å². The van der Waals surface area contributed by atoms with E-state index in [-0.39, 0.29) is 30.9 Å². The van der Waals surface area contributed by atoms with E-state index in [2.05, 4.69) is 16.0 Å². The Morgan fingerprint density at radius 2 is 1.24 bits per heavy atom. The van der Waals surface area contributed by atoms with Crippen LogP contribution in [0.25, 0.3) is 0 Å². The third-order valence-corrected chi connectivity index (χ3v) is 4.65. The summed E-state index contributed by atoms with van der Waals surface area (Å²) in [5.41, 5.74) is 6.35. The van der Waals surface area contributed by atoms with Crippen molar-refractivity contribution >= 4 is 23.7 Å². The first-order valence-electron chi connectivity index (χ1n) is 10.0. The van der Waals surface area contributed by atoms with Gasteiger partial charge in [0.25, 0.3) is 0 Å². The van der Waals surface area contributed by atoms with E-state index in [0.717, 1.165) is 0 Å². The monoisotopic (exact) mass is 458 g/mol. The summed E-state index contributed by atoms with van der Waals surface area (Å²) in [6, 6.07) is 9.37. The summed E-state index contributed by atoms with van der Waals surface area (Å²) in [4.78, 5) is 48.1. The molecular weight excluding hydrogens is 432 g/mol. The number of rotatable bonds is 11. The standard InChI is InChI=1S/C22H26N4O7/c23-11-19(29)24-12-20(30)25-17(9-13-1-5-15(27)6-2-13)21(31)26-18(22(32)33)10-14-3-7-16(28)8-4-14/h1-8,17-18,27-28H,9-12,23H2,(H,24,29)(H,25,30)(H,26,31)(H,32,33). The molecule has 3 amide bonds. The zero-order valence-corrected chi connectivity index (χ0v) is 17.7. The maximum absolute atomic E-state index is 12.9. The van der Waals surface area contributed by atoms with Crippen molar-refractivity contribution in [3.8, 4) is 11.5 Å². The van der Waals surface area contributed by atoms with Crippen LogP contribution in [-0.2, 0) is 32.0 Å². The predicted octanol–water partition coefficient (Wildman–Crippen LogP) is -0.988. The van der Waals surface area contributed by atoms with Crippen molar-refractivity contribution in [3.63, 3.8) is 0 Å². The van der Waals surface area contributed by atoms with Gasteiger partial charge in [-0.25, -0.2) is 4.79 Å². The van der Waals surface area contributed by atoms with E-state index in [4.69, 9.17) is 5.73 Å². The van der Waals surface area contributed by atoms with Gasteiger partial charge < -0.3 is 37.0 Å². The number of carbonyl (C=O) groups excluding carboxylic acids is 3. The zero-order chi connectivity index (χ0) is 24.4. The molecule has 0 aliphatic carbocycles. The molecule has 0 heterocycles. The van der Waals surface area contributed by atoms with Crippen LogP contribution < -0.4 is 21.7 Å². The Morgan fingerprint density at radius 3 is 1.70 bits per heavy atom. The van der Waals surface area contributed by atoms with Gasteiger partial charge in [-0.05, 0) is 35.4 Å². The molecule has 0 radical (unpaired) electrons. The van der Waals surface area contributed by atoms with Crippen LogP contribution in [0.1, 0.15) is 11.1 Å². The van der Waals surface area contributed by atoms with Crippen LogP contribution in [0.5, 0.6) is 11.5 Å². The van der Waals surface area contributed by atoms with Crippen molar-refractivity contribution in [2.75, 3.05) is 13.1 Å². The second-order valence-corrected chi connectivity index (χ2v) is 7.24. The molecule has 2 unspecified atom stereocenters. The maximum atomic E-state index is 12.9. The zero-order valence-electron chi connectivity index (χ0n) is 17.7. The van der Waals surface area contributed by atoms with Crippen LogP contribution in [0.2, 0.25) is 0 Å². The summed E-state index contributed by atoms with van der Waals surface area (Å²) in [5.74, 6) is -3.19. The lowest BCUT2D eigenvalue weighted by molar-refractivity contribution is -0.142. The molecule has 0 aliphatic heterocycles. The SMILES string of the molecule is NCC(=O)NCC(=O)NC(Cc1ccc(O)cc1)C(=O)NC(Cc1ccc(O)cc1)C(=O)O. The number of amides is 3. The number of phenolic OH excluding ortho intramolecular Hbond substituents is 2. The lowest BCUT2D eigenvalue weighted by Gasteiger charge is -2.22. The molecule has 11 nitrogen and oxygen atoms in total. The van der Waals surface area contributed by atoms with Crippen LogP contribution >= 0.6 is 0 Å². The van der Waals surface area contributed by atoms with Gasteiger partial charge in [-0.3, -0.25) is 14.4 Å². The first-order chi connectivity index (χ1) is 15.7. The van der Waals surface area contributed by atoms with E-state index >= 15 is 0 Å². The van der Waals surface area contributed by atoms with E-state index in [1.165, 1.54) is 36.4 Å². The Bertz CT molecular complexity index is 977. The number of hydrogen-bond donors (Lipinski definition) is 7. The van der Waals surface area contributed by atoms with Gasteiger partial charge in [-0.15, -0.1) is 0 Å². The van der Waals surface area contributed by atoms with E-state index in [1.807, 2.05) is 0 Å². The summed E-state index contributed by atoms with van der Waals surface area (Å²) < 4.78 is 0. The highest BCUT2D eigenvalue weighted by Crippen LogP contribution is 2.13. The highest BCUT2D eigenvalue weighted by molar-refractivity contribution is 5.92. The summed E-state index contributed by atoms with van der Waals surface area (Å²) in [7, 11) is 0. The highest BCUT2D eigenvalue weighted by Gasteiger charge is 2.27. The van der Waals surface area contributed by atoms with Crippen molar-refractivity contribution in [2.24, 2.45) is 5.73 Å². The molecule has 11 heteroatoms. The van der Waals surface area contributed by atoms with Gasteiger partial charge in [-0.1, -0.05) is 24.3 Å². The topological polar surface area (TPSA) is 191 Å². The number of aromatic hydroxyl groups is 2. The lowest BCUT2D eigenvalue weighted by atomic mass is 10.0. The first-order valence-corrected chi connectivity index (χ1v) is 10.0. The second kappa shape index (κ2) is 12.1. The fourth-order valence-electron chi connectivity index (χ4n) is 2.91. The summed E-state index contributed by atoms with van der Waals surface area (Å²) >= 11 is 0. The Hall–Kier alpha value is -4.12. The number of nitrogens with two attached hydrogens (primary N) is 1. The van der Waals surface area contributed by atoms with Gasteiger partial charge in [0.05, 0.1) is 13.1 Å². The van der Waals surface area contributed by atoms with E-state index in [0.29, 0.717) is 11.1 Å². The minimum Gasteiger partial charge on any atom is -0.508 e. The highest BCUT2D eigenvalue weighted by atomic mass is 16.4. The van der Waals surface area contributed by atoms with Gasteiger partial charge in [0, 0.05) is 12.8 Å². The average molecular weight is 458 g/mol. The molecule has 0 spiro atoms. The van der Waals surface area contributed by atoms with Gasteiger partial charge >= 0.3 is 5.97 Å². The van der Waals surface area contributed by atoms with Crippen molar-refractivity contribution in [3.05, 3.63) is 59.7 Å². The Morgan fingerprint density at radius 1 is 0.758 bits per heavy atom. The molecule has 0 aromatic heterocycles. The number of nitrogens with one attached hydrogen (secondary N) is 3. The summed E-state index contributed by atoms with van der Waals surface area (Å²) in [6.45, 7) is -0.715. The molecule has 2 aromatic carbocycles. The number of carboxylic acids is 1. The minimum absolute atomic E-state index is 0.00817. The van der Waals surface area contributed by atoms with Crippen LogP contribution in [0.15, 0.2) is 48.5 Å². The van der Waals surface area contributed by atoms with Crippen LogP contribution in [0.3, 0.4) is 0 Å². The number of carboxylic acid groups (broad SMARTS) is 1. The molecule has 8 N–H and O–H groups in total. The smallest absolute Gasteiger partial charge is 0.326 e. The number of hydrogen-bond acceptors (Lipinski definition) is 7. The quantitative estimate of drug-likeness (QED) is 0.223. The first kappa shape index (κ1) is 25.1. The fraction of sp³-hybridized carbons (Fsp3) is 0.273. The van der Waals surface area contributed by atoms with E-state index < -0.39 is 42.3 Å². The van der Waals surface area contributed by atoms with Crippen LogP contribution in [-0.4, -0.2) is 64.2 Å². The van der Waals surface area contributed by atoms with Crippen LogP contribution in [0, 0.1) is 0 Å². The molecule has 2 aromatic rings. The Balaban J connectivity index is 2.14. The molecule has 0 fully saturated rings. The number of benzene rings is 2. The molecule has 0 saturated carbocycles. The predicted molar refractivity (Wildman–Crippen MR) is 117 cm³/mol. The van der Waals surface area contributed by atoms with E-state index in [1.54, 1.807) is 12.1 Å². The molecule has 33 heavy (non-hydrogen) atoms. The third kappa shape index (κ3) is 8.50. The molecule has 0 bridgehead atoms. The molecule has 176 valence electrons. The maximum Gasteiger partial charge on any atom is 0.326 e. The lowest BCUT2D eigenvalue weighted by Crippen LogP contribution is -2.54. The Kier molecular flexibility index (Phi) is 9.18. The van der Waals surface area contributed by atoms with Crippen LogP contribution in [0.4, 0.5) is 0 Å². The second-order valence-electron chi connectivity index (χ2n) is 7.24. The molecule has 0 aliphatic rings. The molecule has 2 rings (SSSR count).